The molecule has 7 nitrogen and oxygen atoms in total. The quantitative estimate of drug-likeness (QED) is 0.551. The molecule has 0 aliphatic heterocycles. The number of benzene rings is 1. The molecule has 3 rings (SSSR count). The molecule has 0 bridgehead atoms. The van der Waals surface area contributed by atoms with Crippen molar-refractivity contribution >= 4 is 11.8 Å². The maximum absolute atomic E-state index is 12.8. The smallest absolute Gasteiger partial charge is 0.412 e. The molecule has 0 radical (unpaired) electrons. The van der Waals surface area contributed by atoms with E-state index < -0.39 is 18.3 Å². The monoisotopic (exact) mass is 451 g/mol. The van der Waals surface area contributed by atoms with Crippen molar-refractivity contribution in [2.45, 2.75) is 71.3 Å². The molecule has 176 valence electrons. The molecule has 1 aromatic carbocycles. The van der Waals surface area contributed by atoms with Crippen molar-refractivity contribution in [3.05, 3.63) is 42.1 Å². The molecule has 1 saturated carbocycles. The van der Waals surface area contributed by atoms with Crippen molar-refractivity contribution in [2.24, 2.45) is 5.92 Å². The highest BCUT2D eigenvalue weighted by atomic mass is 19.3. The fourth-order valence-electron chi connectivity index (χ4n) is 3.73. The first kappa shape index (κ1) is 24.0. The number of nitrogens with one attached hydrogen (secondary N) is 1. The summed E-state index contributed by atoms with van der Waals surface area (Å²) in [5.74, 6) is 0.126. The van der Waals surface area contributed by atoms with Gasteiger partial charge in [-0.25, -0.2) is 4.79 Å². The van der Waals surface area contributed by atoms with Gasteiger partial charge in [-0.1, -0.05) is 30.3 Å². The third-order valence-corrected chi connectivity index (χ3v) is 5.19. The molecule has 0 atom stereocenters. The summed E-state index contributed by atoms with van der Waals surface area (Å²) in [6.07, 6.45) is 4.33. The lowest BCUT2D eigenvalue weighted by atomic mass is 9.86. The van der Waals surface area contributed by atoms with Gasteiger partial charge in [-0.15, -0.1) is 5.10 Å². The highest BCUT2D eigenvalue weighted by Gasteiger charge is 2.26. The van der Waals surface area contributed by atoms with Gasteiger partial charge in [0.2, 0.25) is 0 Å². The van der Waals surface area contributed by atoms with Gasteiger partial charge in [0, 0.05) is 6.61 Å². The maximum atomic E-state index is 12.8. The SMILES string of the molecule is CC(C)(C)OC(=O)Nc1cn(C2CCC(COCc3ccccc3)CC2)nc1OC(F)F. The Labute approximate surface area is 187 Å². The molecule has 0 spiro atoms. The Hall–Kier alpha value is -2.68. The number of carbonyl (C=O) groups is 1. The van der Waals surface area contributed by atoms with Gasteiger partial charge in [0.05, 0.1) is 18.8 Å². The number of nitrogens with zero attached hydrogens (tertiary/aromatic N) is 2. The number of halogens is 2. The van der Waals surface area contributed by atoms with E-state index in [1.54, 1.807) is 25.5 Å². The fourth-order valence-corrected chi connectivity index (χ4v) is 3.73. The zero-order valence-corrected chi connectivity index (χ0v) is 18.7. The topological polar surface area (TPSA) is 74.6 Å². The van der Waals surface area contributed by atoms with E-state index in [4.69, 9.17) is 9.47 Å². The summed E-state index contributed by atoms with van der Waals surface area (Å²) in [6.45, 7) is 3.38. The van der Waals surface area contributed by atoms with Crippen LogP contribution in [0.1, 0.15) is 58.1 Å². The Kier molecular flexibility index (Phi) is 8.06. The number of anilines is 1. The summed E-state index contributed by atoms with van der Waals surface area (Å²) in [6, 6.07) is 10.1. The summed E-state index contributed by atoms with van der Waals surface area (Å²) in [5.41, 5.74) is 0.493. The fraction of sp³-hybridized carbons (Fsp3) is 0.565. The second-order valence-electron chi connectivity index (χ2n) is 9.01. The predicted molar refractivity (Wildman–Crippen MR) is 116 cm³/mol. The molecule has 9 heteroatoms. The number of amides is 1. The van der Waals surface area contributed by atoms with Crippen LogP contribution in [0, 0.1) is 5.92 Å². The number of carbonyl (C=O) groups excluding carboxylic acids is 1. The van der Waals surface area contributed by atoms with Gasteiger partial charge in [0.25, 0.3) is 5.88 Å². The van der Waals surface area contributed by atoms with E-state index in [1.165, 1.54) is 6.20 Å². The van der Waals surface area contributed by atoms with Crippen LogP contribution in [0.15, 0.2) is 36.5 Å². The van der Waals surface area contributed by atoms with E-state index in [2.05, 4.69) is 15.2 Å². The van der Waals surface area contributed by atoms with E-state index in [0.717, 1.165) is 31.2 Å². The number of aromatic nitrogens is 2. The van der Waals surface area contributed by atoms with Gasteiger partial charge < -0.3 is 14.2 Å². The Bertz CT molecular complexity index is 860. The highest BCUT2D eigenvalue weighted by Crippen LogP contribution is 2.35. The van der Waals surface area contributed by atoms with Crippen LogP contribution in [0.5, 0.6) is 5.88 Å². The predicted octanol–water partition coefficient (Wildman–Crippen LogP) is 5.78. The number of alkyl halides is 2. The third kappa shape index (κ3) is 7.47. The zero-order valence-electron chi connectivity index (χ0n) is 18.7. The summed E-state index contributed by atoms with van der Waals surface area (Å²) in [5, 5.41) is 6.62. The Morgan fingerprint density at radius 2 is 1.88 bits per heavy atom. The highest BCUT2D eigenvalue weighted by molar-refractivity contribution is 5.86. The van der Waals surface area contributed by atoms with E-state index in [0.29, 0.717) is 19.1 Å². The van der Waals surface area contributed by atoms with Gasteiger partial charge in [0.15, 0.2) is 0 Å². The van der Waals surface area contributed by atoms with E-state index in [1.807, 2.05) is 30.3 Å². The minimum absolute atomic E-state index is 0.0367. The molecule has 1 fully saturated rings. The van der Waals surface area contributed by atoms with Crippen LogP contribution in [0.2, 0.25) is 0 Å². The van der Waals surface area contributed by atoms with Crippen LogP contribution in [0.3, 0.4) is 0 Å². The lowest BCUT2D eigenvalue weighted by molar-refractivity contribution is -0.0530. The van der Waals surface area contributed by atoms with Crippen molar-refractivity contribution < 1.29 is 27.8 Å². The first-order valence-electron chi connectivity index (χ1n) is 10.9. The van der Waals surface area contributed by atoms with Crippen LogP contribution in [0.25, 0.3) is 0 Å². The van der Waals surface area contributed by atoms with Crippen LogP contribution in [0.4, 0.5) is 19.3 Å². The zero-order chi connectivity index (χ0) is 23.1. The first-order valence-corrected chi connectivity index (χ1v) is 10.9. The molecule has 32 heavy (non-hydrogen) atoms. The van der Waals surface area contributed by atoms with Crippen LogP contribution < -0.4 is 10.1 Å². The Morgan fingerprint density at radius 1 is 1.19 bits per heavy atom. The van der Waals surface area contributed by atoms with Crippen LogP contribution in [-0.4, -0.2) is 34.7 Å². The molecule has 1 aliphatic rings. The number of hydrogen-bond acceptors (Lipinski definition) is 5. The molecule has 2 aromatic rings. The van der Waals surface area contributed by atoms with Gasteiger partial charge in [-0.3, -0.25) is 10.00 Å². The number of rotatable bonds is 8. The van der Waals surface area contributed by atoms with Crippen molar-refractivity contribution in [3.63, 3.8) is 0 Å². The van der Waals surface area contributed by atoms with Crippen molar-refractivity contribution in [1.82, 2.24) is 9.78 Å². The Balaban J connectivity index is 1.54. The van der Waals surface area contributed by atoms with E-state index in [-0.39, 0.29) is 17.6 Å². The number of ether oxygens (including phenoxy) is 3. The van der Waals surface area contributed by atoms with Crippen LogP contribution >= 0.6 is 0 Å². The first-order chi connectivity index (χ1) is 15.2. The van der Waals surface area contributed by atoms with E-state index in [9.17, 15) is 13.6 Å². The van der Waals surface area contributed by atoms with Crippen molar-refractivity contribution in [1.29, 1.82) is 0 Å². The number of hydrogen-bond donors (Lipinski definition) is 1. The van der Waals surface area contributed by atoms with Gasteiger partial charge in [-0.2, -0.15) is 8.78 Å². The van der Waals surface area contributed by atoms with E-state index >= 15 is 0 Å². The molecule has 1 heterocycles. The molecule has 0 saturated heterocycles. The lowest BCUT2D eigenvalue weighted by Crippen LogP contribution is -2.27. The minimum atomic E-state index is -3.05. The molecule has 1 aromatic heterocycles. The van der Waals surface area contributed by atoms with Gasteiger partial charge in [0.1, 0.15) is 11.3 Å². The standard InChI is InChI=1S/C23H31F2N3O4/c1-23(2,3)32-22(29)26-19-13-28(27-20(19)31-21(24)25)18-11-9-17(10-12-18)15-30-14-16-7-5-4-6-8-16/h4-8,13,17-18,21H,9-12,14-15H2,1-3H3,(H,26,29). The van der Waals surface area contributed by atoms with Gasteiger partial charge >= 0.3 is 12.7 Å². The molecular formula is C23H31F2N3O4. The Morgan fingerprint density at radius 3 is 2.50 bits per heavy atom. The van der Waals surface area contributed by atoms with Crippen molar-refractivity contribution in [3.8, 4) is 5.88 Å². The summed E-state index contributed by atoms with van der Waals surface area (Å²) in [7, 11) is 0. The maximum Gasteiger partial charge on any atom is 0.412 e. The van der Waals surface area contributed by atoms with Crippen molar-refractivity contribution in [2.75, 3.05) is 11.9 Å². The summed E-state index contributed by atoms with van der Waals surface area (Å²) >= 11 is 0. The summed E-state index contributed by atoms with van der Waals surface area (Å²) < 4.78 is 42.8. The molecule has 1 amide bonds. The molecule has 0 unspecified atom stereocenters. The molecule has 1 aliphatic carbocycles. The third-order valence-electron chi connectivity index (χ3n) is 5.19. The lowest BCUT2D eigenvalue weighted by Gasteiger charge is -2.28. The second-order valence-corrected chi connectivity index (χ2v) is 9.01. The molecule has 1 N–H and O–H groups in total. The second kappa shape index (κ2) is 10.8. The average molecular weight is 452 g/mol. The van der Waals surface area contributed by atoms with Crippen LogP contribution in [-0.2, 0) is 16.1 Å². The normalized spacial score (nSPS) is 19.1. The summed E-state index contributed by atoms with van der Waals surface area (Å²) in [4.78, 5) is 12.1. The molecular weight excluding hydrogens is 420 g/mol. The average Bonchev–Trinajstić information content (AvgIpc) is 3.09. The van der Waals surface area contributed by atoms with Gasteiger partial charge in [-0.05, 0) is 57.9 Å². The largest absolute Gasteiger partial charge is 0.444 e. The minimum Gasteiger partial charge on any atom is -0.444 e.